The number of benzene rings is 5. The number of thioether (sulfide) groups is 1. The summed E-state index contributed by atoms with van der Waals surface area (Å²) in [5.41, 5.74) is 0.233. The molecule has 1 atom stereocenters. The van der Waals surface area contributed by atoms with Gasteiger partial charge in [-0.3, -0.25) is 14.4 Å². The largest absolute Gasteiger partial charge is 0.493 e. The summed E-state index contributed by atoms with van der Waals surface area (Å²) >= 11 is 6.91. The maximum absolute atomic E-state index is 13.8. The minimum Gasteiger partial charge on any atom is -0.493 e. The molecule has 0 radical (unpaired) electrons. The van der Waals surface area contributed by atoms with Crippen molar-refractivity contribution >= 4 is 58.5 Å². The van der Waals surface area contributed by atoms with Crippen molar-refractivity contribution in [1.82, 2.24) is 5.32 Å². The Balaban J connectivity index is 1.42. The number of hydrogen-bond acceptors (Lipinski definition) is 5. The Hall–Kier alpha value is -5.52. The summed E-state index contributed by atoms with van der Waals surface area (Å²) in [5, 5.41) is 6.84. The van der Waals surface area contributed by atoms with Gasteiger partial charge in [-0.05, 0) is 73.2 Å². The van der Waals surface area contributed by atoms with Crippen LogP contribution in [0.5, 0.6) is 5.75 Å². The summed E-state index contributed by atoms with van der Waals surface area (Å²) in [6.45, 7) is 2.22. The monoisotopic (exact) mass is 729 g/mol. The lowest BCUT2D eigenvalue weighted by Crippen LogP contribution is -2.30. The molecule has 0 saturated carbocycles. The van der Waals surface area contributed by atoms with Crippen LogP contribution in [-0.4, -0.2) is 24.3 Å². The highest BCUT2D eigenvalue weighted by atomic mass is 35.5. The van der Waals surface area contributed by atoms with Crippen LogP contribution in [0.4, 0.5) is 24.5 Å². The molecule has 3 N–H and O–H groups in total. The molecule has 5 aromatic rings. The van der Waals surface area contributed by atoms with Crippen molar-refractivity contribution in [3.63, 3.8) is 0 Å². The predicted molar refractivity (Wildman–Crippen MR) is 195 cm³/mol. The number of carbonyl (C=O) groups is 3. The first-order valence-electron chi connectivity index (χ1n) is 15.6. The number of nitrogens with one attached hydrogen (secondary N) is 3. The number of rotatable bonds is 12. The molecule has 0 aliphatic carbocycles. The van der Waals surface area contributed by atoms with E-state index in [1.807, 2.05) is 6.92 Å². The quantitative estimate of drug-likeness (QED) is 0.0878. The molecule has 7 nitrogen and oxygen atoms in total. The van der Waals surface area contributed by atoms with Crippen molar-refractivity contribution in [2.75, 3.05) is 17.2 Å². The number of carbonyl (C=O) groups excluding carboxylic acids is 3. The number of ether oxygens (including phenoxy) is 1. The molecule has 1 unspecified atom stereocenters. The zero-order chi connectivity index (χ0) is 36.4. The Morgan fingerprint density at radius 3 is 2.22 bits per heavy atom. The average Bonchev–Trinajstić information content (AvgIpc) is 3.12. The Bertz CT molecular complexity index is 2040. The van der Waals surface area contributed by atoms with E-state index in [0.29, 0.717) is 39.6 Å². The van der Waals surface area contributed by atoms with Crippen LogP contribution in [0.15, 0.2) is 138 Å². The summed E-state index contributed by atoms with van der Waals surface area (Å²) in [5.74, 6) is -1.31. The van der Waals surface area contributed by atoms with Gasteiger partial charge in [0.2, 0.25) is 5.91 Å². The van der Waals surface area contributed by atoms with Crippen LogP contribution >= 0.6 is 23.4 Å². The lowest BCUT2D eigenvalue weighted by molar-refractivity contribution is -0.137. The van der Waals surface area contributed by atoms with E-state index in [1.54, 1.807) is 109 Å². The number of amides is 3. The van der Waals surface area contributed by atoms with Crippen molar-refractivity contribution in [3.8, 4) is 5.75 Å². The molecule has 0 spiro atoms. The van der Waals surface area contributed by atoms with Gasteiger partial charge in [-0.2, -0.15) is 13.2 Å². The number of alkyl halides is 3. The zero-order valence-corrected chi connectivity index (χ0v) is 28.6. The van der Waals surface area contributed by atoms with Crippen molar-refractivity contribution in [3.05, 3.63) is 160 Å². The Labute approximate surface area is 301 Å². The molecule has 260 valence electrons. The van der Waals surface area contributed by atoms with Gasteiger partial charge in [0.25, 0.3) is 11.8 Å². The average molecular weight is 730 g/mol. The van der Waals surface area contributed by atoms with E-state index in [4.69, 9.17) is 16.3 Å². The van der Waals surface area contributed by atoms with Crippen LogP contribution < -0.4 is 20.7 Å². The lowest BCUT2D eigenvalue weighted by atomic mass is 10.1. The van der Waals surface area contributed by atoms with Crippen LogP contribution in [-0.2, 0) is 15.8 Å². The molecule has 0 bridgehead atoms. The van der Waals surface area contributed by atoms with Crippen LogP contribution in [0.1, 0.15) is 39.2 Å². The van der Waals surface area contributed by atoms with Gasteiger partial charge in [0.15, 0.2) is 0 Å². The second-order valence-electron chi connectivity index (χ2n) is 10.9. The molecular formula is C39H31ClF3N3O4S. The maximum atomic E-state index is 13.8. The smallest absolute Gasteiger partial charge is 0.418 e. The topological polar surface area (TPSA) is 96.5 Å². The Morgan fingerprint density at radius 1 is 0.824 bits per heavy atom. The Morgan fingerprint density at radius 2 is 1.51 bits per heavy atom. The summed E-state index contributed by atoms with van der Waals surface area (Å²) in [4.78, 5) is 41.1. The normalized spacial score (nSPS) is 12.1. The molecule has 12 heteroatoms. The van der Waals surface area contributed by atoms with Gasteiger partial charge in [0.1, 0.15) is 16.7 Å². The fraction of sp³-hybridized carbons (Fsp3) is 0.103. The molecule has 0 aliphatic heterocycles. The molecule has 0 aromatic heterocycles. The molecule has 51 heavy (non-hydrogen) atoms. The van der Waals surface area contributed by atoms with Gasteiger partial charge in [-0.25, -0.2) is 0 Å². The third kappa shape index (κ3) is 10.0. The maximum Gasteiger partial charge on any atom is 0.418 e. The lowest BCUT2D eigenvalue weighted by Gasteiger charge is -2.20. The number of para-hydroxylation sites is 1. The standard InChI is InChI=1S/C39H31ClF3N3O4S/c1-2-50-34-19-10-9-16-27(34)22-33(46-36(47)26-14-7-4-8-15-26)37(48)44-29-17-11-18-30(24-29)51-35(25-12-5-3-6-13-25)38(49)45-32-21-20-28(40)23-31(32)39(41,42)43/h3-24,35H,2H2,1H3,(H,44,48)(H,45,49)(H,46,47)/b33-22+. The molecular weight excluding hydrogens is 699 g/mol. The van der Waals surface area contributed by atoms with Crippen LogP contribution in [0.25, 0.3) is 6.08 Å². The van der Waals surface area contributed by atoms with E-state index in [9.17, 15) is 27.6 Å². The third-order valence-corrected chi connectivity index (χ3v) is 8.76. The molecule has 0 aliphatic rings. The van der Waals surface area contributed by atoms with Crippen molar-refractivity contribution < 1.29 is 32.3 Å². The van der Waals surface area contributed by atoms with Gasteiger partial charge < -0.3 is 20.7 Å². The summed E-state index contributed by atoms with van der Waals surface area (Å²) in [6.07, 6.45) is -3.24. The van der Waals surface area contributed by atoms with E-state index in [-0.39, 0.29) is 10.7 Å². The SMILES string of the molecule is CCOc1ccccc1/C=C(/NC(=O)c1ccccc1)C(=O)Nc1cccc(SC(C(=O)Nc2ccc(Cl)cc2C(F)(F)F)c2ccccc2)c1. The fourth-order valence-corrected chi connectivity index (χ4v) is 6.18. The van der Waals surface area contributed by atoms with Gasteiger partial charge >= 0.3 is 6.18 Å². The van der Waals surface area contributed by atoms with Crippen LogP contribution in [0.3, 0.4) is 0 Å². The van der Waals surface area contributed by atoms with Gasteiger partial charge in [0.05, 0.1) is 17.9 Å². The second-order valence-corrected chi connectivity index (χ2v) is 12.5. The minimum absolute atomic E-state index is 0.0564. The predicted octanol–water partition coefficient (Wildman–Crippen LogP) is 9.64. The van der Waals surface area contributed by atoms with Gasteiger partial charge in [-0.15, -0.1) is 11.8 Å². The number of halogens is 4. The first-order valence-corrected chi connectivity index (χ1v) is 16.9. The summed E-state index contributed by atoms with van der Waals surface area (Å²) in [6, 6.07) is 33.9. The number of hydrogen-bond donors (Lipinski definition) is 3. The highest BCUT2D eigenvalue weighted by molar-refractivity contribution is 8.00. The molecule has 5 aromatic carbocycles. The van der Waals surface area contributed by atoms with Crippen molar-refractivity contribution in [2.45, 2.75) is 23.2 Å². The summed E-state index contributed by atoms with van der Waals surface area (Å²) < 4.78 is 47.1. The first kappa shape index (κ1) is 36.8. The van der Waals surface area contributed by atoms with E-state index in [0.717, 1.165) is 23.9 Å². The minimum atomic E-state index is -4.76. The third-order valence-electron chi connectivity index (χ3n) is 7.28. The van der Waals surface area contributed by atoms with Crippen molar-refractivity contribution in [1.29, 1.82) is 0 Å². The van der Waals surface area contributed by atoms with E-state index in [1.165, 1.54) is 12.1 Å². The Kier molecular flexibility index (Phi) is 12.2. The summed E-state index contributed by atoms with van der Waals surface area (Å²) in [7, 11) is 0. The van der Waals surface area contributed by atoms with Gasteiger partial charge in [-0.1, -0.05) is 84.4 Å². The van der Waals surface area contributed by atoms with Crippen molar-refractivity contribution in [2.24, 2.45) is 0 Å². The first-order chi connectivity index (χ1) is 24.5. The molecule has 0 saturated heterocycles. The van der Waals surface area contributed by atoms with Crippen LogP contribution in [0.2, 0.25) is 5.02 Å². The van der Waals surface area contributed by atoms with E-state index >= 15 is 0 Å². The van der Waals surface area contributed by atoms with E-state index in [2.05, 4.69) is 16.0 Å². The number of anilines is 2. The highest BCUT2D eigenvalue weighted by Gasteiger charge is 2.35. The van der Waals surface area contributed by atoms with Crippen LogP contribution in [0, 0.1) is 0 Å². The molecule has 0 fully saturated rings. The molecule has 0 heterocycles. The molecule has 3 amide bonds. The fourth-order valence-electron chi connectivity index (χ4n) is 4.93. The van der Waals surface area contributed by atoms with Gasteiger partial charge in [0, 0.05) is 26.7 Å². The second kappa shape index (κ2) is 16.9. The molecule has 5 rings (SSSR count). The zero-order valence-electron chi connectivity index (χ0n) is 27.0. The highest BCUT2D eigenvalue weighted by Crippen LogP contribution is 2.40. The van der Waals surface area contributed by atoms with E-state index < -0.39 is 40.4 Å².